The van der Waals surface area contributed by atoms with Crippen LogP contribution >= 0.6 is 0 Å². The van der Waals surface area contributed by atoms with E-state index in [1.54, 1.807) is 6.07 Å². The number of fused-ring (bicyclic) bond motifs is 1. The van der Waals surface area contributed by atoms with Crippen LogP contribution in [0.5, 0.6) is 0 Å². The summed E-state index contributed by atoms with van der Waals surface area (Å²) in [6.07, 6.45) is 7.19. The Morgan fingerprint density at radius 2 is 1.96 bits per heavy atom. The van der Waals surface area contributed by atoms with E-state index in [-0.39, 0.29) is 11.8 Å². The third-order valence-corrected chi connectivity index (χ3v) is 5.59. The summed E-state index contributed by atoms with van der Waals surface area (Å²) in [5.74, 6) is -0.687. The summed E-state index contributed by atoms with van der Waals surface area (Å²) in [5.41, 5.74) is 4.45. The van der Waals surface area contributed by atoms with Crippen LogP contribution in [-0.4, -0.2) is 22.6 Å². The van der Waals surface area contributed by atoms with Gasteiger partial charge in [-0.2, -0.15) is 0 Å². The van der Waals surface area contributed by atoms with Crippen molar-refractivity contribution in [2.75, 3.05) is 7.11 Å². The Balaban J connectivity index is 1.96. The Labute approximate surface area is 158 Å². The maximum absolute atomic E-state index is 13.4. The van der Waals surface area contributed by atoms with Gasteiger partial charge in [0.05, 0.1) is 30.3 Å². The highest BCUT2D eigenvalue weighted by atomic mass is 19.1. The molecule has 3 aromatic rings. The molecule has 1 aliphatic carbocycles. The van der Waals surface area contributed by atoms with Gasteiger partial charge < -0.3 is 9.30 Å². The van der Waals surface area contributed by atoms with Crippen molar-refractivity contribution in [1.29, 1.82) is 0 Å². The first-order valence-electron chi connectivity index (χ1n) is 9.45. The molecule has 27 heavy (non-hydrogen) atoms. The van der Waals surface area contributed by atoms with Crippen molar-refractivity contribution in [1.82, 2.24) is 9.55 Å². The second-order valence-corrected chi connectivity index (χ2v) is 7.22. The Morgan fingerprint density at radius 3 is 2.63 bits per heavy atom. The molecule has 0 spiro atoms. The molecule has 4 rings (SSSR count). The summed E-state index contributed by atoms with van der Waals surface area (Å²) in [4.78, 5) is 16.3. The molecule has 0 unspecified atom stereocenters. The van der Waals surface area contributed by atoms with E-state index >= 15 is 0 Å². The number of hydrogen-bond acceptors (Lipinski definition) is 3. The number of esters is 1. The summed E-state index contributed by atoms with van der Waals surface area (Å²) in [5, 5.41) is 1.02. The van der Waals surface area contributed by atoms with E-state index in [1.165, 1.54) is 38.6 Å². The lowest BCUT2D eigenvalue weighted by Crippen LogP contribution is -2.14. The second-order valence-electron chi connectivity index (χ2n) is 7.22. The van der Waals surface area contributed by atoms with Crippen LogP contribution in [-0.2, 0) is 4.74 Å². The van der Waals surface area contributed by atoms with Crippen LogP contribution in [0.15, 0.2) is 36.5 Å². The maximum atomic E-state index is 13.4. The lowest BCUT2D eigenvalue weighted by atomic mass is 9.95. The molecule has 0 N–H and O–H groups in total. The van der Waals surface area contributed by atoms with E-state index in [0.717, 1.165) is 40.7 Å². The van der Waals surface area contributed by atoms with Gasteiger partial charge >= 0.3 is 5.97 Å². The van der Waals surface area contributed by atoms with Crippen LogP contribution in [0, 0.1) is 12.7 Å². The molecular weight excluding hydrogens is 343 g/mol. The average Bonchev–Trinajstić information content (AvgIpc) is 3.00. The molecule has 1 aliphatic rings. The smallest absolute Gasteiger partial charge is 0.337 e. The highest BCUT2D eigenvalue weighted by Crippen LogP contribution is 2.40. The van der Waals surface area contributed by atoms with Gasteiger partial charge in [-0.05, 0) is 55.7 Å². The van der Waals surface area contributed by atoms with Crippen molar-refractivity contribution >= 4 is 16.9 Å². The third kappa shape index (κ3) is 3.11. The first-order chi connectivity index (χ1) is 13.1. The molecule has 5 heteroatoms. The largest absolute Gasteiger partial charge is 0.465 e. The Kier molecular flexibility index (Phi) is 4.68. The minimum Gasteiger partial charge on any atom is -0.465 e. The van der Waals surface area contributed by atoms with Crippen LogP contribution in [0.3, 0.4) is 0 Å². The molecule has 1 fully saturated rings. The Hall–Kier alpha value is -2.69. The van der Waals surface area contributed by atoms with Gasteiger partial charge in [0.15, 0.2) is 0 Å². The highest BCUT2D eigenvalue weighted by molar-refractivity contribution is 5.98. The first kappa shape index (κ1) is 17.7. The van der Waals surface area contributed by atoms with Gasteiger partial charge in [0.25, 0.3) is 0 Å². The summed E-state index contributed by atoms with van der Waals surface area (Å²) >= 11 is 0. The second kappa shape index (κ2) is 7.14. The zero-order valence-corrected chi connectivity index (χ0v) is 15.7. The molecule has 0 radical (unpaired) electrons. The number of carbonyl (C=O) groups is 1. The summed E-state index contributed by atoms with van der Waals surface area (Å²) < 4.78 is 20.7. The highest BCUT2D eigenvalue weighted by Gasteiger charge is 2.25. The summed E-state index contributed by atoms with van der Waals surface area (Å²) in [6.45, 7) is 2.04. The van der Waals surface area contributed by atoms with Crippen LogP contribution in [0.2, 0.25) is 0 Å². The van der Waals surface area contributed by atoms with E-state index in [1.807, 2.05) is 25.1 Å². The third-order valence-electron chi connectivity index (χ3n) is 5.59. The number of hydrogen-bond donors (Lipinski definition) is 0. The van der Waals surface area contributed by atoms with Gasteiger partial charge in [-0.25, -0.2) is 9.18 Å². The molecule has 2 aromatic heterocycles. The molecule has 0 amide bonds. The van der Waals surface area contributed by atoms with Crippen molar-refractivity contribution in [3.8, 4) is 11.4 Å². The van der Waals surface area contributed by atoms with Crippen LogP contribution < -0.4 is 0 Å². The van der Waals surface area contributed by atoms with Gasteiger partial charge in [-0.15, -0.1) is 0 Å². The topological polar surface area (TPSA) is 44.1 Å². The lowest BCUT2D eigenvalue weighted by Gasteiger charge is -2.26. The summed E-state index contributed by atoms with van der Waals surface area (Å²) in [6, 6.07) is 9.27. The Bertz CT molecular complexity index is 986. The van der Waals surface area contributed by atoms with Crippen molar-refractivity contribution in [3.05, 3.63) is 53.5 Å². The predicted octanol–water partition coefficient (Wildman–Crippen LogP) is 5.44. The molecule has 1 aromatic carbocycles. The zero-order valence-electron chi connectivity index (χ0n) is 15.7. The van der Waals surface area contributed by atoms with Crippen LogP contribution in [0.1, 0.15) is 54.1 Å². The molecule has 4 nitrogen and oxygen atoms in total. The number of nitrogens with zero attached hydrogens (tertiary/aromatic N) is 2. The van der Waals surface area contributed by atoms with Gasteiger partial charge in [0, 0.05) is 16.9 Å². The quantitative estimate of drug-likeness (QED) is 0.580. The molecule has 1 saturated carbocycles. The minimum atomic E-state index is -0.344. The zero-order chi connectivity index (χ0) is 19.0. The number of rotatable bonds is 3. The fourth-order valence-electron chi connectivity index (χ4n) is 4.27. The van der Waals surface area contributed by atoms with Crippen molar-refractivity contribution in [3.63, 3.8) is 0 Å². The maximum Gasteiger partial charge on any atom is 0.337 e. The molecule has 140 valence electrons. The fourth-order valence-corrected chi connectivity index (χ4v) is 4.27. The monoisotopic (exact) mass is 366 g/mol. The van der Waals surface area contributed by atoms with Gasteiger partial charge in [0.2, 0.25) is 0 Å². The number of aromatic nitrogens is 2. The number of halogens is 1. The first-order valence-corrected chi connectivity index (χ1v) is 9.45. The Morgan fingerprint density at radius 1 is 1.19 bits per heavy atom. The number of carbonyl (C=O) groups excluding carboxylic acids is 1. The van der Waals surface area contributed by atoms with Gasteiger partial charge in [0.1, 0.15) is 5.82 Å². The molecular formula is C22H23FN2O2. The van der Waals surface area contributed by atoms with E-state index in [2.05, 4.69) is 9.55 Å². The number of aryl methyl sites for hydroxylation is 1. The van der Waals surface area contributed by atoms with E-state index in [4.69, 9.17) is 4.74 Å². The van der Waals surface area contributed by atoms with E-state index < -0.39 is 0 Å². The van der Waals surface area contributed by atoms with Crippen molar-refractivity contribution in [2.45, 2.75) is 45.1 Å². The normalized spacial score (nSPS) is 15.2. The SMILES string of the molecule is COC(=O)c1ccc2c(c1)c(C)c(-c1ccc(F)cn1)n2C1CCCCC1. The number of methoxy groups -OCH3 is 1. The standard InChI is InChI=1S/C22H23FN2O2/c1-14-18-12-15(22(26)27-2)8-11-20(18)25(17-6-4-3-5-7-17)21(14)19-10-9-16(23)13-24-19/h8-13,17H,3-7H2,1-2H3. The van der Waals surface area contributed by atoms with Crippen LogP contribution in [0.4, 0.5) is 4.39 Å². The van der Waals surface area contributed by atoms with Gasteiger partial charge in [-0.1, -0.05) is 19.3 Å². The molecule has 0 saturated heterocycles. The number of ether oxygens (including phenoxy) is 1. The fraction of sp³-hybridized carbons (Fsp3) is 0.364. The summed E-state index contributed by atoms with van der Waals surface area (Å²) in [7, 11) is 1.39. The van der Waals surface area contributed by atoms with Crippen molar-refractivity contribution in [2.24, 2.45) is 0 Å². The average molecular weight is 366 g/mol. The molecule has 0 atom stereocenters. The number of benzene rings is 1. The van der Waals surface area contributed by atoms with Gasteiger partial charge in [-0.3, -0.25) is 4.98 Å². The molecule has 2 heterocycles. The van der Waals surface area contributed by atoms with Crippen molar-refractivity contribution < 1.29 is 13.9 Å². The van der Waals surface area contributed by atoms with E-state index in [9.17, 15) is 9.18 Å². The molecule has 0 aliphatic heterocycles. The van der Waals surface area contributed by atoms with Crippen LogP contribution in [0.25, 0.3) is 22.3 Å². The molecule has 0 bridgehead atoms. The lowest BCUT2D eigenvalue weighted by molar-refractivity contribution is 0.0601. The minimum absolute atomic E-state index is 0.343. The number of pyridine rings is 1. The van der Waals surface area contributed by atoms with E-state index in [0.29, 0.717) is 11.6 Å². The predicted molar refractivity (Wildman–Crippen MR) is 103 cm³/mol.